The number of hydrogen-bond acceptors (Lipinski definition) is 5. The predicted octanol–water partition coefficient (Wildman–Crippen LogP) is 3.88. The van der Waals surface area contributed by atoms with Crippen molar-refractivity contribution in [2.75, 3.05) is 0 Å². The summed E-state index contributed by atoms with van der Waals surface area (Å²) in [6.07, 6.45) is -1.32. The first-order chi connectivity index (χ1) is 10.9. The minimum atomic E-state index is -4.69. The average Bonchev–Trinajstić information content (AvgIpc) is 2.88. The van der Waals surface area contributed by atoms with Crippen LogP contribution >= 0.6 is 11.8 Å². The minimum Gasteiger partial charge on any atom is -0.406 e. The molecular weight excluding hydrogens is 329 g/mol. The van der Waals surface area contributed by atoms with Gasteiger partial charge in [0.25, 0.3) is 5.78 Å². The number of halogens is 3. The van der Waals surface area contributed by atoms with E-state index in [4.69, 9.17) is 0 Å². The molecule has 3 aromatic rings. The fraction of sp³-hybridized carbons (Fsp3) is 0.214. The van der Waals surface area contributed by atoms with Gasteiger partial charge in [-0.3, -0.25) is 0 Å². The molecule has 0 fully saturated rings. The first-order valence-electron chi connectivity index (χ1n) is 6.60. The molecule has 0 aliphatic rings. The monoisotopic (exact) mass is 340 g/mol. The van der Waals surface area contributed by atoms with Gasteiger partial charge in [-0.15, -0.1) is 18.3 Å². The Bertz CT molecular complexity index is 771. The molecule has 2 heterocycles. The van der Waals surface area contributed by atoms with Crippen LogP contribution in [0, 0.1) is 0 Å². The Labute approximate surface area is 133 Å². The topological polar surface area (TPSA) is 52.3 Å². The number of benzene rings is 1. The van der Waals surface area contributed by atoms with E-state index in [1.807, 2.05) is 6.92 Å². The van der Waals surface area contributed by atoms with Gasteiger partial charge in [0.05, 0.1) is 0 Å². The van der Waals surface area contributed by atoms with Gasteiger partial charge < -0.3 is 4.74 Å². The highest BCUT2D eigenvalue weighted by molar-refractivity contribution is 7.99. The zero-order chi connectivity index (χ0) is 16.4. The van der Waals surface area contributed by atoms with E-state index in [1.165, 1.54) is 23.9 Å². The van der Waals surface area contributed by atoms with E-state index in [1.54, 1.807) is 35.1 Å². The number of ether oxygens (including phenoxy) is 1. The Balaban J connectivity index is 1.71. The van der Waals surface area contributed by atoms with Gasteiger partial charge in [-0.25, -0.2) is 9.50 Å². The molecule has 0 N–H and O–H groups in total. The minimum absolute atomic E-state index is 0.0349. The molecule has 0 spiro atoms. The van der Waals surface area contributed by atoms with E-state index < -0.39 is 6.36 Å². The third kappa shape index (κ3) is 3.92. The summed E-state index contributed by atoms with van der Waals surface area (Å²) in [5, 5.41) is 4.79. The van der Waals surface area contributed by atoms with E-state index in [0.29, 0.717) is 10.9 Å². The lowest BCUT2D eigenvalue weighted by Gasteiger charge is -2.12. The highest BCUT2D eigenvalue weighted by Crippen LogP contribution is 2.34. The Kier molecular flexibility index (Phi) is 4.12. The van der Waals surface area contributed by atoms with Crippen molar-refractivity contribution in [1.29, 1.82) is 0 Å². The highest BCUT2D eigenvalue weighted by atomic mass is 32.2. The van der Waals surface area contributed by atoms with Gasteiger partial charge in [-0.2, -0.15) is 4.98 Å². The van der Waals surface area contributed by atoms with Gasteiger partial charge in [0, 0.05) is 17.6 Å². The van der Waals surface area contributed by atoms with Crippen LogP contribution in [-0.4, -0.2) is 25.9 Å². The average molecular weight is 340 g/mol. The van der Waals surface area contributed by atoms with Crippen molar-refractivity contribution in [2.24, 2.45) is 0 Å². The maximum Gasteiger partial charge on any atom is 0.573 e. The van der Waals surface area contributed by atoms with E-state index in [-0.39, 0.29) is 11.0 Å². The molecular formula is C14H11F3N4OS. The van der Waals surface area contributed by atoms with Crippen LogP contribution in [-0.2, 0) is 0 Å². The van der Waals surface area contributed by atoms with Crippen LogP contribution in [0.4, 0.5) is 13.2 Å². The number of fused-ring (bicyclic) bond motifs is 1. The van der Waals surface area contributed by atoms with E-state index in [2.05, 4.69) is 19.8 Å². The molecule has 0 saturated heterocycles. The maximum absolute atomic E-state index is 12.1. The smallest absolute Gasteiger partial charge is 0.406 e. The lowest BCUT2D eigenvalue weighted by Crippen LogP contribution is -2.17. The third-order valence-corrected chi connectivity index (χ3v) is 3.97. The summed E-state index contributed by atoms with van der Waals surface area (Å²) in [6.45, 7) is 1.92. The van der Waals surface area contributed by atoms with Crippen molar-refractivity contribution in [3.8, 4) is 5.75 Å². The Morgan fingerprint density at radius 2 is 1.96 bits per heavy atom. The zero-order valence-corrected chi connectivity index (χ0v) is 12.7. The Morgan fingerprint density at radius 1 is 1.22 bits per heavy atom. The first kappa shape index (κ1) is 15.6. The van der Waals surface area contributed by atoms with Crippen molar-refractivity contribution in [1.82, 2.24) is 19.6 Å². The number of rotatable bonds is 4. The van der Waals surface area contributed by atoms with Crippen LogP contribution in [0.3, 0.4) is 0 Å². The summed E-state index contributed by atoms with van der Waals surface area (Å²) in [5.74, 6) is 0.254. The highest BCUT2D eigenvalue weighted by Gasteiger charge is 2.31. The molecule has 2 aromatic heterocycles. The normalized spacial score (nSPS) is 13.2. The number of thioether (sulfide) groups is 1. The predicted molar refractivity (Wildman–Crippen MR) is 78.2 cm³/mol. The SMILES string of the molecule is C[C@@H](Sc1nc2ncccn2n1)c1ccc(OC(F)(F)F)cc1. The van der Waals surface area contributed by atoms with Gasteiger partial charge >= 0.3 is 6.36 Å². The molecule has 5 nitrogen and oxygen atoms in total. The third-order valence-electron chi connectivity index (χ3n) is 2.96. The van der Waals surface area contributed by atoms with Crippen molar-refractivity contribution in [3.63, 3.8) is 0 Å². The number of aromatic nitrogens is 4. The maximum atomic E-state index is 12.1. The van der Waals surface area contributed by atoms with Gasteiger partial charge in [0.1, 0.15) is 5.75 Å². The van der Waals surface area contributed by atoms with Crippen molar-refractivity contribution >= 4 is 17.5 Å². The lowest BCUT2D eigenvalue weighted by molar-refractivity contribution is -0.274. The van der Waals surface area contributed by atoms with Gasteiger partial charge in [0.15, 0.2) is 0 Å². The quantitative estimate of drug-likeness (QED) is 0.675. The standard InChI is InChI=1S/C14H11F3N4OS/c1-9(10-3-5-11(6-4-10)22-14(15,16)17)23-13-19-12-18-7-2-8-21(12)20-13/h2-9H,1H3/t9-/m1/s1. The Hall–Kier alpha value is -2.29. The van der Waals surface area contributed by atoms with Crippen molar-refractivity contribution in [3.05, 3.63) is 48.3 Å². The summed E-state index contributed by atoms with van der Waals surface area (Å²) >= 11 is 1.40. The first-order valence-corrected chi connectivity index (χ1v) is 7.48. The molecule has 0 aliphatic heterocycles. The summed E-state index contributed by atoms with van der Waals surface area (Å²) < 4.78 is 41.8. The fourth-order valence-corrected chi connectivity index (χ4v) is 2.81. The second-order valence-corrected chi connectivity index (χ2v) is 5.94. The van der Waals surface area contributed by atoms with Crippen molar-refractivity contribution in [2.45, 2.75) is 23.7 Å². The molecule has 0 unspecified atom stereocenters. The molecule has 0 amide bonds. The van der Waals surface area contributed by atoms with Crippen LogP contribution in [0.2, 0.25) is 0 Å². The number of nitrogens with zero attached hydrogens (tertiary/aromatic N) is 4. The van der Waals surface area contributed by atoms with Crippen LogP contribution in [0.1, 0.15) is 17.7 Å². The van der Waals surface area contributed by atoms with Crippen LogP contribution < -0.4 is 4.74 Å². The van der Waals surface area contributed by atoms with E-state index in [9.17, 15) is 13.2 Å². The molecule has 1 atom stereocenters. The molecule has 0 bridgehead atoms. The van der Waals surface area contributed by atoms with Gasteiger partial charge in [0.2, 0.25) is 5.16 Å². The summed E-state index contributed by atoms with van der Waals surface area (Å²) in [6, 6.07) is 7.51. The molecule has 0 saturated carbocycles. The van der Waals surface area contributed by atoms with Crippen LogP contribution in [0.5, 0.6) is 5.75 Å². The number of alkyl halides is 3. The fourth-order valence-electron chi connectivity index (χ4n) is 1.93. The number of hydrogen-bond donors (Lipinski definition) is 0. The largest absolute Gasteiger partial charge is 0.573 e. The molecule has 23 heavy (non-hydrogen) atoms. The van der Waals surface area contributed by atoms with E-state index >= 15 is 0 Å². The second kappa shape index (κ2) is 6.07. The summed E-state index contributed by atoms with van der Waals surface area (Å²) in [7, 11) is 0. The summed E-state index contributed by atoms with van der Waals surface area (Å²) in [4.78, 5) is 8.35. The van der Waals surface area contributed by atoms with Gasteiger partial charge in [-0.1, -0.05) is 23.9 Å². The Morgan fingerprint density at radius 3 is 2.61 bits per heavy atom. The molecule has 9 heteroatoms. The van der Waals surface area contributed by atoms with Crippen LogP contribution in [0.25, 0.3) is 5.78 Å². The van der Waals surface area contributed by atoms with Crippen LogP contribution in [0.15, 0.2) is 47.9 Å². The molecule has 3 rings (SSSR count). The van der Waals surface area contributed by atoms with E-state index in [0.717, 1.165) is 5.56 Å². The second-order valence-electron chi connectivity index (χ2n) is 4.64. The molecule has 0 aliphatic carbocycles. The molecule has 120 valence electrons. The zero-order valence-electron chi connectivity index (χ0n) is 11.9. The molecule has 1 aromatic carbocycles. The lowest BCUT2D eigenvalue weighted by atomic mass is 10.2. The van der Waals surface area contributed by atoms with Gasteiger partial charge in [-0.05, 0) is 30.7 Å². The summed E-state index contributed by atoms with van der Waals surface area (Å²) in [5.41, 5.74) is 0.844. The molecule has 0 radical (unpaired) electrons. The van der Waals surface area contributed by atoms with Crippen molar-refractivity contribution < 1.29 is 17.9 Å².